The van der Waals surface area contributed by atoms with Gasteiger partial charge in [0.1, 0.15) is 6.29 Å². The molecule has 0 heterocycles. The highest BCUT2D eigenvalue weighted by molar-refractivity contribution is 5.70. The number of aldehydes is 1. The Morgan fingerprint density at radius 2 is 1.94 bits per heavy atom. The second-order valence-corrected chi connectivity index (χ2v) is 4.57. The standard InChI is InChI=1S/C13H17NO3/c15-8-7-14-13(16)17-9-12-10-5-3-1-2-4-6-11(10)12/h8,10-12H,3-7,9H2,(H,14,16). The summed E-state index contributed by atoms with van der Waals surface area (Å²) in [5.74, 6) is 8.16. The molecule has 4 heteroatoms. The summed E-state index contributed by atoms with van der Waals surface area (Å²) in [7, 11) is 0. The van der Waals surface area contributed by atoms with Crippen LogP contribution >= 0.6 is 0 Å². The Labute approximate surface area is 101 Å². The molecule has 1 amide bonds. The Morgan fingerprint density at radius 3 is 2.53 bits per heavy atom. The van der Waals surface area contributed by atoms with E-state index >= 15 is 0 Å². The van der Waals surface area contributed by atoms with Gasteiger partial charge in [0.15, 0.2) is 0 Å². The van der Waals surface area contributed by atoms with Gasteiger partial charge in [-0.1, -0.05) is 0 Å². The number of fused-ring (bicyclic) bond motifs is 1. The predicted molar refractivity (Wildman–Crippen MR) is 62.1 cm³/mol. The number of rotatable bonds is 4. The van der Waals surface area contributed by atoms with Crippen molar-refractivity contribution >= 4 is 12.4 Å². The van der Waals surface area contributed by atoms with Crippen molar-refractivity contribution in [1.29, 1.82) is 0 Å². The molecule has 0 aliphatic heterocycles. The van der Waals surface area contributed by atoms with Gasteiger partial charge in [0.2, 0.25) is 0 Å². The van der Waals surface area contributed by atoms with E-state index in [1.807, 2.05) is 0 Å². The smallest absolute Gasteiger partial charge is 0.407 e. The monoisotopic (exact) mass is 235 g/mol. The molecule has 2 rings (SSSR count). The molecule has 17 heavy (non-hydrogen) atoms. The molecule has 0 radical (unpaired) electrons. The Hall–Kier alpha value is -1.50. The average Bonchev–Trinajstić information content (AvgIpc) is 2.94. The second kappa shape index (κ2) is 5.72. The van der Waals surface area contributed by atoms with Crippen molar-refractivity contribution in [2.75, 3.05) is 13.2 Å². The van der Waals surface area contributed by atoms with E-state index in [9.17, 15) is 9.59 Å². The van der Waals surface area contributed by atoms with Gasteiger partial charge in [-0.2, -0.15) is 0 Å². The molecule has 0 aromatic heterocycles. The summed E-state index contributed by atoms with van der Waals surface area (Å²) in [5, 5.41) is 2.37. The Morgan fingerprint density at radius 1 is 1.29 bits per heavy atom. The largest absolute Gasteiger partial charge is 0.449 e. The van der Waals surface area contributed by atoms with E-state index in [1.165, 1.54) is 0 Å². The molecule has 0 bridgehead atoms. The molecule has 92 valence electrons. The molecule has 0 aromatic rings. The maximum atomic E-state index is 11.2. The molecule has 2 atom stereocenters. The summed E-state index contributed by atoms with van der Waals surface area (Å²) >= 11 is 0. The maximum absolute atomic E-state index is 11.2. The number of carbonyl (C=O) groups is 2. The third-order valence-corrected chi connectivity index (χ3v) is 3.58. The molecule has 1 N–H and O–H groups in total. The number of hydrogen-bond donors (Lipinski definition) is 1. The summed E-state index contributed by atoms with van der Waals surface area (Å²) in [6.45, 7) is 0.490. The minimum absolute atomic E-state index is 0.0181. The molecule has 4 nitrogen and oxygen atoms in total. The van der Waals surface area contributed by atoms with Gasteiger partial charge in [-0.05, 0) is 30.6 Å². The normalized spacial score (nSPS) is 29.8. The first kappa shape index (κ1) is 12.0. The molecular weight excluding hydrogens is 218 g/mol. The third kappa shape index (κ3) is 3.23. The van der Waals surface area contributed by atoms with Gasteiger partial charge in [-0.3, -0.25) is 0 Å². The second-order valence-electron chi connectivity index (χ2n) is 4.57. The van der Waals surface area contributed by atoms with Crippen LogP contribution in [0, 0.1) is 29.6 Å². The zero-order valence-electron chi connectivity index (χ0n) is 9.78. The predicted octanol–water partition coefficient (Wildman–Crippen LogP) is 1.35. The highest BCUT2D eigenvalue weighted by atomic mass is 16.5. The lowest BCUT2D eigenvalue weighted by atomic mass is 10.1. The lowest BCUT2D eigenvalue weighted by molar-refractivity contribution is -0.107. The molecule has 1 saturated carbocycles. The number of alkyl carbamates (subject to hydrolysis) is 1. The van der Waals surface area contributed by atoms with Crippen molar-refractivity contribution in [2.45, 2.75) is 25.7 Å². The van der Waals surface area contributed by atoms with Gasteiger partial charge < -0.3 is 14.8 Å². The fourth-order valence-electron chi connectivity index (χ4n) is 2.63. The SMILES string of the molecule is O=CCNC(=O)OCC1C2CCC#CCCC21. The molecule has 2 aliphatic carbocycles. The molecular formula is C13H17NO3. The van der Waals surface area contributed by atoms with E-state index < -0.39 is 6.09 Å². The van der Waals surface area contributed by atoms with Crippen LogP contribution in [0.4, 0.5) is 4.79 Å². The van der Waals surface area contributed by atoms with Gasteiger partial charge in [-0.15, -0.1) is 11.8 Å². The van der Waals surface area contributed by atoms with Crippen molar-refractivity contribution in [3.8, 4) is 11.8 Å². The molecule has 0 spiro atoms. The lowest BCUT2D eigenvalue weighted by Gasteiger charge is -2.04. The van der Waals surface area contributed by atoms with Crippen LogP contribution in [-0.2, 0) is 9.53 Å². The summed E-state index contributed by atoms with van der Waals surface area (Å²) in [6, 6.07) is 0. The summed E-state index contributed by atoms with van der Waals surface area (Å²) < 4.78 is 5.09. The van der Waals surface area contributed by atoms with Crippen LogP contribution < -0.4 is 5.32 Å². The number of nitrogens with one attached hydrogen (secondary N) is 1. The molecule has 2 unspecified atom stereocenters. The zero-order chi connectivity index (χ0) is 12.1. The summed E-state index contributed by atoms with van der Waals surface area (Å²) in [5.41, 5.74) is 0. The summed E-state index contributed by atoms with van der Waals surface area (Å²) in [4.78, 5) is 21.2. The summed E-state index contributed by atoms with van der Waals surface area (Å²) in [6.07, 6.45) is 4.34. The van der Waals surface area contributed by atoms with Crippen molar-refractivity contribution < 1.29 is 14.3 Å². The van der Waals surface area contributed by atoms with E-state index in [2.05, 4.69) is 17.2 Å². The lowest BCUT2D eigenvalue weighted by Crippen LogP contribution is -2.26. The number of ether oxygens (including phenoxy) is 1. The average molecular weight is 235 g/mol. The molecule has 1 fully saturated rings. The minimum atomic E-state index is -0.493. The Bertz CT molecular complexity index is 337. The van der Waals surface area contributed by atoms with E-state index in [0.717, 1.165) is 25.7 Å². The van der Waals surface area contributed by atoms with Crippen LogP contribution in [0.25, 0.3) is 0 Å². The van der Waals surface area contributed by atoms with Crippen molar-refractivity contribution in [3.63, 3.8) is 0 Å². The number of amides is 1. The van der Waals surface area contributed by atoms with Crippen molar-refractivity contribution in [3.05, 3.63) is 0 Å². The van der Waals surface area contributed by atoms with Crippen LogP contribution in [-0.4, -0.2) is 25.5 Å². The van der Waals surface area contributed by atoms with E-state index in [4.69, 9.17) is 4.74 Å². The molecule has 2 aliphatic rings. The van der Waals surface area contributed by atoms with E-state index in [1.54, 1.807) is 0 Å². The van der Waals surface area contributed by atoms with Crippen LogP contribution in [0.15, 0.2) is 0 Å². The van der Waals surface area contributed by atoms with Gasteiger partial charge in [0, 0.05) is 12.8 Å². The first-order chi connectivity index (χ1) is 8.33. The van der Waals surface area contributed by atoms with Crippen LogP contribution in [0.5, 0.6) is 0 Å². The highest BCUT2D eigenvalue weighted by Gasteiger charge is 2.49. The van der Waals surface area contributed by atoms with Crippen LogP contribution in [0.1, 0.15) is 25.7 Å². The Kier molecular flexibility index (Phi) is 4.03. The topological polar surface area (TPSA) is 55.4 Å². The number of carbonyl (C=O) groups excluding carboxylic acids is 2. The van der Waals surface area contributed by atoms with Crippen LogP contribution in [0.3, 0.4) is 0 Å². The van der Waals surface area contributed by atoms with E-state index in [0.29, 0.717) is 30.6 Å². The van der Waals surface area contributed by atoms with Crippen molar-refractivity contribution in [2.24, 2.45) is 17.8 Å². The highest BCUT2D eigenvalue weighted by Crippen LogP contribution is 2.52. The third-order valence-electron chi connectivity index (χ3n) is 3.58. The van der Waals surface area contributed by atoms with Gasteiger partial charge >= 0.3 is 6.09 Å². The van der Waals surface area contributed by atoms with E-state index in [-0.39, 0.29) is 6.54 Å². The van der Waals surface area contributed by atoms with Crippen LogP contribution in [0.2, 0.25) is 0 Å². The fraction of sp³-hybridized carbons (Fsp3) is 0.692. The molecule has 0 aromatic carbocycles. The number of hydrogen-bond acceptors (Lipinski definition) is 3. The first-order valence-corrected chi connectivity index (χ1v) is 6.13. The van der Waals surface area contributed by atoms with Gasteiger partial charge in [0.25, 0.3) is 0 Å². The fourth-order valence-corrected chi connectivity index (χ4v) is 2.63. The minimum Gasteiger partial charge on any atom is -0.449 e. The Balaban J connectivity index is 1.68. The zero-order valence-corrected chi connectivity index (χ0v) is 9.78. The van der Waals surface area contributed by atoms with Gasteiger partial charge in [-0.25, -0.2) is 4.79 Å². The van der Waals surface area contributed by atoms with Gasteiger partial charge in [0.05, 0.1) is 13.2 Å². The maximum Gasteiger partial charge on any atom is 0.407 e. The first-order valence-electron chi connectivity index (χ1n) is 6.13. The quantitative estimate of drug-likeness (QED) is 0.591. The molecule has 0 saturated heterocycles. The van der Waals surface area contributed by atoms with Crippen molar-refractivity contribution in [1.82, 2.24) is 5.32 Å².